The number of rotatable bonds is 4. The summed E-state index contributed by atoms with van der Waals surface area (Å²) >= 11 is 0. The van der Waals surface area contributed by atoms with E-state index >= 15 is 0 Å². The van der Waals surface area contributed by atoms with Crippen LogP contribution in [-0.4, -0.2) is 26.2 Å². The van der Waals surface area contributed by atoms with E-state index in [-0.39, 0.29) is 6.61 Å². The van der Waals surface area contributed by atoms with Crippen LogP contribution in [0.5, 0.6) is 0 Å². The molecular formula is C12H13F3O4S. The molecule has 1 aromatic rings. The van der Waals surface area contributed by atoms with Gasteiger partial charge in [0.05, 0.1) is 17.1 Å². The molecule has 1 rings (SSSR count). The molecule has 1 atom stereocenters. The molecule has 0 amide bonds. The van der Waals surface area contributed by atoms with Crippen LogP contribution in [0, 0.1) is 0 Å². The van der Waals surface area contributed by atoms with Gasteiger partial charge < -0.3 is 4.74 Å². The lowest BCUT2D eigenvalue weighted by atomic mass is 10.2. The topological polar surface area (TPSA) is 60.4 Å². The first kappa shape index (κ1) is 16.5. The molecular weight excluding hydrogens is 297 g/mol. The van der Waals surface area contributed by atoms with Gasteiger partial charge >= 0.3 is 12.1 Å². The van der Waals surface area contributed by atoms with Gasteiger partial charge in [0.25, 0.3) is 0 Å². The average Bonchev–Trinajstić information content (AvgIpc) is 2.37. The van der Waals surface area contributed by atoms with E-state index in [2.05, 4.69) is 4.74 Å². The number of hydrogen-bond acceptors (Lipinski definition) is 4. The third kappa shape index (κ3) is 3.30. The van der Waals surface area contributed by atoms with Crippen molar-refractivity contribution in [1.82, 2.24) is 0 Å². The van der Waals surface area contributed by atoms with Gasteiger partial charge in [-0.15, -0.1) is 0 Å². The Morgan fingerprint density at radius 1 is 1.30 bits per heavy atom. The summed E-state index contributed by atoms with van der Waals surface area (Å²) < 4.78 is 67.2. The third-order valence-electron chi connectivity index (χ3n) is 2.58. The number of carbonyl (C=O) groups excluding carboxylic acids is 1. The van der Waals surface area contributed by atoms with Crippen LogP contribution >= 0.6 is 0 Å². The third-order valence-corrected chi connectivity index (χ3v) is 4.68. The van der Waals surface area contributed by atoms with E-state index in [9.17, 15) is 26.4 Å². The van der Waals surface area contributed by atoms with E-state index in [1.54, 1.807) is 0 Å². The molecule has 112 valence electrons. The maximum atomic E-state index is 12.8. The standard InChI is InChI=1S/C12H13F3O4S/c1-3-19-11(16)8(2)20(17,18)10-7-5-4-6-9(10)12(13,14)15/h4-8H,3H2,1-2H3. The van der Waals surface area contributed by atoms with Gasteiger partial charge in [-0.05, 0) is 26.0 Å². The first-order chi connectivity index (χ1) is 9.12. The highest BCUT2D eigenvalue weighted by molar-refractivity contribution is 7.92. The molecule has 0 aliphatic heterocycles. The first-order valence-corrected chi connectivity index (χ1v) is 7.23. The van der Waals surface area contributed by atoms with E-state index in [0.29, 0.717) is 6.07 Å². The van der Waals surface area contributed by atoms with Gasteiger partial charge in [0, 0.05) is 0 Å². The summed E-state index contributed by atoms with van der Waals surface area (Å²) in [6.45, 7) is 2.42. The van der Waals surface area contributed by atoms with Crippen LogP contribution < -0.4 is 0 Å². The van der Waals surface area contributed by atoms with Gasteiger partial charge in [0.2, 0.25) is 0 Å². The molecule has 0 spiro atoms. The second-order valence-electron chi connectivity index (χ2n) is 3.93. The minimum Gasteiger partial charge on any atom is -0.465 e. The van der Waals surface area contributed by atoms with Crippen LogP contribution in [-0.2, 0) is 25.5 Å². The fourth-order valence-corrected chi connectivity index (χ4v) is 2.99. The number of hydrogen-bond donors (Lipinski definition) is 0. The molecule has 0 aromatic heterocycles. The van der Waals surface area contributed by atoms with Gasteiger partial charge in [-0.25, -0.2) is 8.42 Å². The lowest BCUT2D eigenvalue weighted by Gasteiger charge is -2.16. The normalized spacial score (nSPS) is 13.8. The molecule has 0 N–H and O–H groups in total. The Hall–Kier alpha value is -1.57. The van der Waals surface area contributed by atoms with Gasteiger partial charge in [0.15, 0.2) is 15.1 Å². The molecule has 0 radical (unpaired) electrons. The van der Waals surface area contributed by atoms with Crippen LogP contribution in [0.2, 0.25) is 0 Å². The van der Waals surface area contributed by atoms with Crippen LogP contribution in [0.15, 0.2) is 29.2 Å². The molecule has 1 aromatic carbocycles. The van der Waals surface area contributed by atoms with E-state index in [1.165, 1.54) is 13.0 Å². The maximum absolute atomic E-state index is 12.8. The number of benzene rings is 1. The Kier molecular flexibility index (Phi) is 4.80. The molecule has 0 heterocycles. The highest BCUT2D eigenvalue weighted by atomic mass is 32.2. The second kappa shape index (κ2) is 5.82. The Morgan fingerprint density at radius 2 is 1.85 bits per heavy atom. The minimum absolute atomic E-state index is 0.0559. The molecule has 0 bridgehead atoms. The molecule has 0 aliphatic rings. The summed E-state index contributed by atoms with van der Waals surface area (Å²) in [5.41, 5.74) is -1.30. The molecule has 1 unspecified atom stereocenters. The van der Waals surface area contributed by atoms with Crippen LogP contribution in [0.3, 0.4) is 0 Å². The molecule has 8 heteroatoms. The smallest absolute Gasteiger partial charge is 0.417 e. The lowest BCUT2D eigenvalue weighted by molar-refractivity contribution is -0.143. The van der Waals surface area contributed by atoms with Gasteiger partial charge in [-0.3, -0.25) is 4.79 Å². The number of ether oxygens (including phenoxy) is 1. The molecule has 0 fully saturated rings. The predicted octanol–water partition coefficient (Wildman–Crippen LogP) is 2.43. The van der Waals surface area contributed by atoms with E-state index < -0.39 is 37.7 Å². The fraction of sp³-hybridized carbons (Fsp3) is 0.417. The summed E-state index contributed by atoms with van der Waals surface area (Å²) in [6, 6.07) is 3.73. The van der Waals surface area contributed by atoms with E-state index in [1.807, 2.05) is 0 Å². The van der Waals surface area contributed by atoms with Gasteiger partial charge in [-0.1, -0.05) is 12.1 Å². The number of sulfone groups is 1. The minimum atomic E-state index is -4.82. The molecule has 0 aliphatic carbocycles. The Labute approximate surface area is 114 Å². The number of esters is 1. The van der Waals surface area contributed by atoms with Crippen molar-refractivity contribution in [2.75, 3.05) is 6.61 Å². The summed E-state index contributed by atoms with van der Waals surface area (Å²) in [4.78, 5) is 10.5. The second-order valence-corrected chi connectivity index (χ2v) is 6.17. The van der Waals surface area contributed by atoms with E-state index in [4.69, 9.17) is 0 Å². The lowest BCUT2D eigenvalue weighted by Crippen LogP contribution is -2.30. The number of alkyl halides is 3. The van der Waals surface area contributed by atoms with Crippen molar-refractivity contribution in [1.29, 1.82) is 0 Å². The van der Waals surface area contributed by atoms with Crippen LogP contribution in [0.1, 0.15) is 19.4 Å². The molecule has 0 saturated heterocycles. The van der Waals surface area contributed by atoms with Gasteiger partial charge in [-0.2, -0.15) is 13.2 Å². The van der Waals surface area contributed by atoms with Crippen molar-refractivity contribution in [3.63, 3.8) is 0 Å². The van der Waals surface area contributed by atoms with Crippen LogP contribution in [0.4, 0.5) is 13.2 Å². The van der Waals surface area contributed by atoms with Crippen molar-refractivity contribution < 1.29 is 31.1 Å². The largest absolute Gasteiger partial charge is 0.465 e. The highest BCUT2D eigenvalue weighted by Gasteiger charge is 2.40. The van der Waals surface area contributed by atoms with Crippen molar-refractivity contribution in [3.05, 3.63) is 29.8 Å². The molecule has 20 heavy (non-hydrogen) atoms. The number of carbonyl (C=O) groups is 1. The predicted molar refractivity (Wildman–Crippen MR) is 64.7 cm³/mol. The zero-order valence-electron chi connectivity index (χ0n) is 10.8. The monoisotopic (exact) mass is 310 g/mol. The average molecular weight is 310 g/mol. The van der Waals surface area contributed by atoms with Crippen molar-refractivity contribution in [2.45, 2.75) is 30.2 Å². The number of halogens is 3. The Morgan fingerprint density at radius 3 is 2.35 bits per heavy atom. The van der Waals surface area contributed by atoms with E-state index in [0.717, 1.165) is 19.1 Å². The summed E-state index contributed by atoms with van der Waals surface area (Å²) in [7, 11) is -4.47. The highest BCUT2D eigenvalue weighted by Crippen LogP contribution is 2.35. The molecule has 0 saturated carbocycles. The van der Waals surface area contributed by atoms with Gasteiger partial charge in [0.1, 0.15) is 0 Å². The summed E-state index contributed by atoms with van der Waals surface area (Å²) in [6.07, 6.45) is -4.82. The van der Waals surface area contributed by atoms with Crippen LogP contribution in [0.25, 0.3) is 0 Å². The maximum Gasteiger partial charge on any atom is 0.417 e. The quantitative estimate of drug-likeness (QED) is 0.801. The zero-order chi connectivity index (χ0) is 15.6. The fourth-order valence-electron chi connectivity index (χ4n) is 1.53. The SMILES string of the molecule is CCOC(=O)C(C)S(=O)(=O)c1ccccc1C(F)(F)F. The zero-order valence-corrected chi connectivity index (χ0v) is 11.6. The Bertz CT molecular complexity index is 593. The van der Waals surface area contributed by atoms with Crippen molar-refractivity contribution in [2.24, 2.45) is 0 Å². The van der Waals surface area contributed by atoms with Crippen molar-refractivity contribution in [3.8, 4) is 0 Å². The Balaban J connectivity index is 3.34. The summed E-state index contributed by atoms with van der Waals surface area (Å²) in [5.74, 6) is -1.08. The van der Waals surface area contributed by atoms with Crippen molar-refractivity contribution >= 4 is 15.8 Å². The summed E-state index contributed by atoms with van der Waals surface area (Å²) in [5, 5.41) is -1.70. The molecule has 4 nitrogen and oxygen atoms in total. The first-order valence-electron chi connectivity index (χ1n) is 5.69.